The fourth-order valence-electron chi connectivity index (χ4n) is 3.73. The number of nitrogens with one attached hydrogen (secondary N) is 2. The number of rotatable bonds is 2. The molecule has 3 aliphatic rings. The first-order valence-electron chi connectivity index (χ1n) is 7.30. The van der Waals surface area contributed by atoms with Crippen LogP contribution in [0.1, 0.15) is 38.5 Å². The number of hydrogen-bond donors (Lipinski definition) is 2. The SMILES string of the molecule is O=C(NC1CCS(=O)(=O)C1)C1CC2CCCCC2N1. The highest BCUT2D eigenvalue weighted by Gasteiger charge is 2.39. The maximum Gasteiger partial charge on any atom is 0.237 e. The molecule has 3 fully saturated rings. The highest BCUT2D eigenvalue weighted by atomic mass is 32.2. The van der Waals surface area contributed by atoms with E-state index in [1.807, 2.05) is 0 Å². The van der Waals surface area contributed by atoms with Crippen molar-refractivity contribution in [1.29, 1.82) is 0 Å². The predicted molar refractivity (Wildman–Crippen MR) is 72.5 cm³/mol. The van der Waals surface area contributed by atoms with Gasteiger partial charge in [0.15, 0.2) is 9.84 Å². The zero-order chi connectivity index (χ0) is 13.5. The molecule has 2 N–H and O–H groups in total. The molecule has 19 heavy (non-hydrogen) atoms. The maximum atomic E-state index is 12.2. The van der Waals surface area contributed by atoms with E-state index in [9.17, 15) is 13.2 Å². The zero-order valence-corrected chi connectivity index (χ0v) is 11.9. The minimum atomic E-state index is -2.92. The molecule has 2 aliphatic heterocycles. The standard InChI is InChI=1S/C13H22N2O3S/c16-13(14-10-5-6-19(17,18)8-10)12-7-9-3-1-2-4-11(9)15-12/h9-12,15H,1-8H2,(H,14,16). The summed E-state index contributed by atoms with van der Waals surface area (Å²) in [6.07, 6.45) is 6.40. The normalized spacial score (nSPS) is 40.8. The Bertz CT molecular complexity index is 449. The van der Waals surface area contributed by atoms with Crippen LogP contribution in [0.15, 0.2) is 0 Å². The molecule has 4 unspecified atom stereocenters. The number of amides is 1. The fourth-order valence-corrected chi connectivity index (χ4v) is 5.41. The van der Waals surface area contributed by atoms with Gasteiger partial charge < -0.3 is 10.6 Å². The summed E-state index contributed by atoms with van der Waals surface area (Å²) in [5, 5.41) is 6.33. The summed E-state index contributed by atoms with van der Waals surface area (Å²) in [7, 11) is -2.92. The highest BCUT2D eigenvalue weighted by Crippen LogP contribution is 2.33. The Kier molecular flexibility index (Phi) is 3.55. The summed E-state index contributed by atoms with van der Waals surface area (Å²) in [6, 6.07) is 0.204. The first kappa shape index (κ1) is 13.4. The van der Waals surface area contributed by atoms with E-state index in [4.69, 9.17) is 0 Å². The number of carbonyl (C=O) groups is 1. The van der Waals surface area contributed by atoms with Crippen LogP contribution in [-0.2, 0) is 14.6 Å². The summed E-state index contributed by atoms with van der Waals surface area (Å²) < 4.78 is 22.8. The van der Waals surface area contributed by atoms with Crippen LogP contribution in [0.4, 0.5) is 0 Å². The van der Waals surface area contributed by atoms with Gasteiger partial charge in [0.25, 0.3) is 0 Å². The van der Waals surface area contributed by atoms with Gasteiger partial charge in [-0.2, -0.15) is 0 Å². The molecule has 1 saturated carbocycles. The molecule has 0 aromatic heterocycles. The lowest BCUT2D eigenvalue weighted by Crippen LogP contribution is -2.47. The summed E-state index contributed by atoms with van der Waals surface area (Å²) >= 11 is 0. The van der Waals surface area contributed by atoms with Gasteiger partial charge in [-0.3, -0.25) is 4.79 Å². The van der Waals surface area contributed by atoms with Gasteiger partial charge in [-0.25, -0.2) is 8.42 Å². The van der Waals surface area contributed by atoms with Gasteiger partial charge in [0, 0.05) is 12.1 Å². The van der Waals surface area contributed by atoms with E-state index in [-0.39, 0.29) is 29.5 Å². The summed E-state index contributed by atoms with van der Waals surface area (Å²) in [4.78, 5) is 12.2. The topological polar surface area (TPSA) is 75.3 Å². The molecule has 3 rings (SSSR count). The second-order valence-electron chi connectivity index (χ2n) is 6.21. The predicted octanol–water partition coefficient (Wildman–Crippen LogP) is 0.210. The van der Waals surface area contributed by atoms with Gasteiger partial charge in [-0.1, -0.05) is 12.8 Å². The van der Waals surface area contributed by atoms with Gasteiger partial charge in [-0.15, -0.1) is 0 Å². The number of fused-ring (bicyclic) bond motifs is 1. The first-order valence-corrected chi connectivity index (χ1v) is 9.12. The van der Waals surface area contributed by atoms with Crippen LogP contribution in [0.2, 0.25) is 0 Å². The van der Waals surface area contributed by atoms with Gasteiger partial charge in [0.2, 0.25) is 5.91 Å². The van der Waals surface area contributed by atoms with E-state index in [1.54, 1.807) is 0 Å². The van der Waals surface area contributed by atoms with Crippen molar-refractivity contribution in [3.8, 4) is 0 Å². The Morgan fingerprint density at radius 2 is 1.95 bits per heavy atom. The number of carbonyl (C=O) groups excluding carboxylic acids is 1. The third-order valence-corrected chi connectivity index (χ3v) is 6.53. The van der Waals surface area contributed by atoms with Crippen molar-refractivity contribution in [2.45, 2.75) is 56.7 Å². The van der Waals surface area contributed by atoms with Crippen molar-refractivity contribution in [1.82, 2.24) is 10.6 Å². The Morgan fingerprint density at radius 1 is 1.16 bits per heavy atom. The van der Waals surface area contributed by atoms with Crippen LogP contribution in [0.5, 0.6) is 0 Å². The van der Waals surface area contributed by atoms with Crippen molar-refractivity contribution in [3.63, 3.8) is 0 Å². The molecule has 2 heterocycles. The molecule has 0 aromatic rings. The van der Waals surface area contributed by atoms with Crippen LogP contribution < -0.4 is 10.6 Å². The van der Waals surface area contributed by atoms with E-state index in [0.717, 1.165) is 6.42 Å². The summed E-state index contributed by atoms with van der Waals surface area (Å²) in [6.45, 7) is 0. The molecule has 108 valence electrons. The monoisotopic (exact) mass is 286 g/mol. The van der Waals surface area contributed by atoms with E-state index in [1.165, 1.54) is 25.7 Å². The lowest BCUT2D eigenvalue weighted by Gasteiger charge is -2.24. The molecule has 1 amide bonds. The van der Waals surface area contributed by atoms with Crippen molar-refractivity contribution >= 4 is 15.7 Å². The molecular formula is C13H22N2O3S. The Labute approximate surface area is 114 Å². The lowest BCUT2D eigenvalue weighted by molar-refractivity contribution is -0.123. The van der Waals surface area contributed by atoms with E-state index in [0.29, 0.717) is 18.4 Å². The van der Waals surface area contributed by atoms with Crippen molar-refractivity contribution in [2.24, 2.45) is 5.92 Å². The molecule has 0 radical (unpaired) electrons. The largest absolute Gasteiger partial charge is 0.351 e. The van der Waals surface area contributed by atoms with Crippen LogP contribution in [0, 0.1) is 5.92 Å². The Morgan fingerprint density at radius 3 is 2.63 bits per heavy atom. The first-order chi connectivity index (χ1) is 9.03. The van der Waals surface area contributed by atoms with Crippen molar-refractivity contribution in [3.05, 3.63) is 0 Å². The molecule has 4 atom stereocenters. The smallest absolute Gasteiger partial charge is 0.237 e. The van der Waals surface area contributed by atoms with Gasteiger partial charge in [-0.05, 0) is 31.6 Å². The van der Waals surface area contributed by atoms with Gasteiger partial charge >= 0.3 is 0 Å². The molecule has 2 saturated heterocycles. The van der Waals surface area contributed by atoms with Crippen LogP contribution in [0.25, 0.3) is 0 Å². The minimum absolute atomic E-state index is 0.00324. The fraction of sp³-hybridized carbons (Fsp3) is 0.923. The molecule has 6 heteroatoms. The zero-order valence-electron chi connectivity index (χ0n) is 11.1. The van der Waals surface area contributed by atoms with Crippen LogP contribution >= 0.6 is 0 Å². The minimum Gasteiger partial charge on any atom is -0.351 e. The van der Waals surface area contributed by atoms with Gasteiger partial charge in [0.05, 0.1) is 17.5 Å². The number of hydrogen-bond acceptors (Lipinski definition) is 4. The molecule has 1 aliphatic carbocycles. The quantitative estimate of drug-likeness (QED) is 0.761. The average molecular weight is 286 g/mol. The highest BCUT2D eigenvalue weighted by molar-refractivity contribution is 7.91. The lowest BCUT2D eigenvalue weighted by atomic mass is 9.85. The van der Waals surface area contributed by atoms with E-state index >= 15 is 0 Å². The average Bonchev–Trinajstić information content (AvgIpc) is 2.92. The number of sulfone groups is 1. The third-order valence-electron chi connectivity index (χ3n) is 4.76. The Hall–Kier alpha value is -0.620. The molecule has 0 aromatic carbocycles. The summed E-state index contributed by atoms with van der Waals surface area (Å²) in [5.41, 5.74) is 0. The van der Waals surface area contributed by atoms with Crippen molar-refractivity contribution in [2.75, 3.05) is 11.5 Å². The molecule has 0 bridgehead atoms. The second-order valence-corrected chi connectivity index (χ2v) is 8.44. The molecule has 5 nitrogen and oxygen atoms in total. The molecular weight excluding hydrogens is 264 g/mol. The van der Waals surface area contributed by atoms with E-state index < -0.39 is 9.84 Å². The van der Waals surface area contributed by atoms with Crippen LogP contribution in [0.3, 0.4) is 0 Å². The van der Waals surface area contributed by atoms with E-state index in [2.05, 4.69) is 10.6 Å². The Balaban J connectivity index is 1.54. The van der Waals surface area contributed by atoms with Gasteiger partial charge in [0.1, 0.15) is 0 Å². The molecule has 0 spiro atoms. The second kappa shape index (κ2) is 5.05. The third kappa shape index (κ3) is 2.94. The maximum absolute atomic E-state index is 12.2. The van der Waals surface area contributed by atoms with Crippen molar-refractivity contribution < 1.29 is 13.2 Å². The van der Waals surface area contributed by atoms with Crippen LogP contribution in [-0.4, -0.2) is 44.0 Å². The summed E-state index contributed by atoms with van der Waals surface area (Å²) in [5.74, 6) is 0.952.